The molecule has 0 fully saturated rings. The number of nitrogens with one attached hydrogen (secondary N) is 1. The van der Waals surface area contributed by atoms with Crippen LogP contribution in [0.15, 0.2) is 47.8 Å². The van der Waals surface area contributed by atoms with Crippen molar-refractivity contribution in [2.24, 2.45) is 5.92 Å². The Labute approximate surface area is 178 Å². The molecule has 154 valence electrons. The predicted molar refractivity (Wildman–Crippen MR) is 117 cm³/mol. The Bertz CT molecular complexity index is 1110. The molecule has 0 atom stereocenters. The van der Waals surface area contributed by atoms with E-state index in [2.05, 4.69) is 10.3 Å². The number of amides is 2. The normalized spacial score (nSPS) is 13.3. The van der Waals surface area contributed by atoms with Crippen molar-refractivity contribution >= 4 is 34.0 Å². The van der Waals surface area contributed by atoms with E-state index in [4.69, 9.17) is 0 Å². The first kappa shape index (κ1) is 20.2. The average molecular weight is 424 g/mol. The summed E-state index contributed by atoms with van der Waals surface area (Å²) in [5.74, 6) is -0.789. The summed E-state index contributed by atoms with van der Waals surface area (Å²) in [6, 6.07) is 11.7. The SMILES string of the molecule is CC(C)C(=O)Nc1nc(-c2ccc3c(c2)CCCN3C(=O)c2cccc(F)c2)cs1. The lowest BCUT2D eigenvalue weighted by molar-refractivity contribution is -0.118. The molecule has 7 heteroatoms. The summed E-state index contributed by atoms with van der Waals surface area (Å²) in [5.41, 5.74) is 3.98. The number of anilines is 2. The van der Waals surface area contributed by atoms with E-state index in [1.54, 1.807) is 17.0 Å². The summed E-state index contributed by atoms with van der Waals surface area (Å²) in [6.07, 6.45) is 1.70. The van der Waals surface area contributed by atoms with E-state index in [1.807, 2.05) is 37.4 Å². The van der Waals surface area contributed by atoms with Crippen molar-refractivity contribution in [3.63, 3.8) is 0 Å². The maximum Gasteiger partial charge on any atom is 0.258 e. The van der Waals surface area contributed by atoms with Crippen molar-refractivity contribution in [1.82, 2.24) is 4.98 Å². The van der Waals surface area contributed by atoms with Gasteiger partial charge in [0.15, 0.2) is 5.13 Å². The van der Waals surface area contributed by atoms with Crippen molar-refractivity contribution in [1.29, 1.82) is 0 Å². The highest BCUT2D eigenvalue weighted by atomic mass is 32.1. The van der Waals surface area contributed by atoms with Crippen molar-refractivity contribution in [3.8, 4) is 11.3 Å². The van der Waals surface area contributed by atoms with E-state index in [-0.39, 0.29) is 17.7 Å². The van der Waals surface area contributed by atoms with E-state index >= 15 is 0 Å². The van der Waals surface area contributed by atoms with Crippen LogP contribution >= 0.6 is 11.3 Å². The molecule has 0 bridgehead atoms. The highest BCUT2D eigenvalue weighted by molar-refractivity contribution is 7.14. The fourth-order valence-electron chi connectivity index (χ4n) is 3.46. The van der Waals surface area contributed by atoms with Crippen molar-refractivity contribution < 1.29 is 14.0 Å². The number of thiazole rings is 1. The molecule has 1 N–H and O–H groups in total. The number of hydrogen-bond donors (Lipinski definition) is 1. The zero-order chi connectivity index (χ0) is 21.3. The average Bonchev–Trinajstić information content (AvgIpc) is 3.20. The Hall–Kier alpha value is -3.06. The van der Waals surface area contributed by atoms with Gasteiger partial charge in [-0.1, -0.05) is 26.0 Å². The van der Waals surface area contributed by atoms with Gasteiger partial charge < -0.3 is 10.2 Å². The van der Waals surface area contributed by atoms with Crippen LogP contribution in [0.4, 0.5) is 15.2 Å². The molecular weight excluding hydrogens is 401 g/mol. The number of carbonyl (C=O) groups excluding carboxylic acids is 2. The molecule has 5 nitrogen and oxygen atoms in total. The second-order valence-electron chi connectivity index (χ2n) is 7.60. The maximum absolute atomic E-state index is 13.6. The maximum atomic E-state index is 13.6. The number of nitrogens with zero attached hydrogens (tertiary/aromatic N) is 2. The summed E-state index contributed by atoms with van der Waals surface area (Å²) in [4.78, 5) is 31.1. The Morgan fingerprint density at radius 3 is 2.80 bits per heavy atom. The summed E-state index contributed by atoms with van der Waals surface area (Å²) >= 11 is 1.39. The second-order valence-corrected chi connectivity index (χ2v) is 8.45. The summed E-state index contributed by atoms with van der Waals surface area (Å²) < 4.78 is 13.6. The molecule has 0 aliphatic carbocycles. The van der Waals surface area contributed by atoms with Crippen LogP contribution in [0.3, 0.4) is 0 Å². The van der Waals surface area contributed by atoms with E-state index < -0.39 is 5.82 Å². The van der Waals surface area contributed by atoms with Crippen LogP contribution in [0, 0.1) is 11.7 Å². The number of aromatic nitrogens is 1. The lowest BCUT2D eigenvalue weighted by Gasteiger charge is -2.30. The molecule has 1 aliphatic rings. The minimum Gasteiger partial charge on any atom is -0.308 e. The third kappa shape index (κ3) is 4.11. The molecule has 0 saturated heterocycles. The van der Waals surface area contributed by atoms with Crippen LogP contribution in [0.1, 0.15) is 36.2 Å². The molecule has 0 radical (unpaired) electrons. The fourth-order valence-corrected chi connectivity index (χ4v) is 4.18. The number of fused-ring (bicyclic) bond motifs is 1. The van der Waals surface area contributed by atoms with Crippen molar-refractivity contribution in [2.75, 3.05) is 16.8 Å². The molecule has 1 aromatic heterocycles. The fraction of sp³-hybridized carbons (Fsp3) is 0.261. The molecule has 2 amide bonds. The van der Waals surface area contributed by atoms with Gasteiger partial charge in [0, 0.05) is 34.7 Å². The molecule has 1 aliphatic heterocycles. The number of benzene rings is 2. The monoisotopic (exact) mass is 423 g/mol. The molecule has 30 heavy (non-hydrogen) atoms. The molecule has 3 aromatic rings. The van der Waals surface area contributed by atoms with E-state index in [0.29, 0.717) is 17.2 Å². The summed E-state index contributed by atoms with van der Waals surface area (Å²) in [7, 11) is 0. The van der Waals surface area contributed by atoms with E-state index in [0.717, 1.165) is 35.3 Å². The van der Waals surface area contributed by atoms with Crippen LogP contribution in [-0.4, -0.2) is 23.3 Å². The third-order valence-corrected chi connectivity index (χ3v) is 5.83. The highest BCUT2D eigenvalue weighted by Crippen LogP contribution is 2.33. The lowest BCUT2D eigenvalue weighted by Crippen LogP contribution is -2.35. The molecule has 0 unspecified atom stereocenters. The molecule has 2 heterocycles. The van der Waals surface area contributed by atoms with Gasteiger partial charge in [-0.05, 0) is 48.7 Å². The zero-order valence-electron chi connectivity index (χ0n) is 16.8. The van der Waals surface area contributed by atoms with Crippen LogP contribution in [0.2, 0.25) is 0 Å². The smallest absolute Gasteiger partial charge is 0.258 e. The number of rotatable bonds is 4. The third-order valence-electron chi connectivity index (χ3n) is 5.07. The van der Waals surface area contributed by atoms with E-state index in [9.17, 15) is 14.0 Å². The van der Waals surface area contributed by atoms with Crippen molar-refractivity contribution in [2.45, 2.75) is 26.7 Å². The predicted octanol–water partition coefficient (Wildman–Crippen LogP) is 5.14. The van der Waals surface area contributed by atoms with Gasteiger partial charge in [-0.3, -0.25) is 9.59 Å². The summed E-state index contributed by atoms with van der Waals surface area (Å²) in [6.45, 7) is 4.28. The van der Waals surface area contributed by atoms with Crippen molar-refractivity contribution in [3.05, 3.63) is 64.8 Å². The quantitative estimate of drug-likeness (QED) is 0.632. The van der Waals surface area contributed by atoms with Gasteiger partial charge in [-0.2, -0.15) is 0 Å². The van der Waals surface area contributed by atoms with Gasteiger partial charge in [0.1, 0.15) is 5.82 Å². The second kappa shape index (κ2) is 8.36. The topological polar surface area (TPSA) is 62.3 Å². The lowest BCUT2D eigenvalue weighted by atomic mass is 9.97. The summed E-state index contributed by atoms with van der Waals surface area (Å²) in [5, 5.41) is 5.31. The van der Waals surface area contributed by atoms with Gasteiger partial charge in [0.25, 0.3) is 5.91 Å². The first-order valence-electron chi connectivity index (χ1n) is 9.89. The van der Waals surface area contributed by atoms with E-state index in [1.165, 1.54) is 23.5 Å². The minimum atomic E-state index is -0.419. The van der Waals surface area contributed by atoms with Gasteiger partial charge in [0.05, 0.1) is 5.69 Å². The van der Waals surface area contributed by atoms with Crippen LogP contribution < -0.4 is 10.2 Å². The van der Waals surface area contributed by atoms with Gasteiger partial charge in [0.2, 0.25) is 5.91 Å². The molecule has 2 aromatic carbocycles. The van der Waals surface area contributed by atoms with Gasteiger partial charge in [-0.25, -0.2) is 9.37 Å². The molecule has 4 rings (SSSR count). The highest BCUT2D eigenvalue weighted by Gasteiger charge is 2.24. The van der Waals surface area contributed by atoms with Gasteiger partial charge in [-0.15, -0.1) is 11.3 Å². The standard InChI is InChI=1S/C23H22FN3O2S/c1-14(2)21(28)26-23-25-19(13-30-23)15-8-9-20-16(11-15)6-4-10-27(20)22(29)17-5-3-7-18(24)12-17/h3,5,7-9,11-14H,4,6,10H2,1-2H3,(H,25,26,28). The molecule has 0 saturated carbocycles. The van der Waals surface area contributed by atoms with Crippen LogP contribution in [0.5, 0.6) is 0 Å². The Morgan fingerprint density at radius 2 is 2.03 bits per heavy atom. The Kier molecular flexibility index (Phi) is 5.63. The Morgan fingerprint density at radius 1 is 1.20 bits per heavy atom. The van der Waals surface area contributed by atoms with Crippen LogP contribution in [0.25, 0.3) is 11.3 Å². The number of carbonyl (C=O) groups is 2. The first-order valence-corrected chi connectivity index (χ1v) is 10.8. The van der Waals surface area contributed by atoms with Crippen LogP contribution in [-0.2, 0) is 11.2 Å². The minimum absolute atomic E-state index is 0.0622. The number of hydrogen-bond acceptors (Lipinski definition) is 4. The van der Waals surface area contributed by atoms with Gasteiger partial charge >= 0.3 is 0 Å². The molecular formula is C23H22FN3O2S. The Balaban J connectivity index is 1.59. The zero-order valence-corrected chi connectivity index (χ0v) is 17.6. The largest absolute Gasteiger partial charge is 0.308 e. The molecule has 0 spiro atoms. The number of halogens is 1. The first-order chi connectivity index (χ1) is 14.4. The number of aryl methyl sites for hydroxylation is 1.